The van der Waals surface area contributed by atoms with E-state index in [1.165, 1.54) is 4.68 Å². The highest BCUT2D eigenvalue weighted by molar-refractivity contribution is 5.92. The van der Waals surface area contributed by atoms with Gasteiger partial charge in [-0.1, -0.05) is 35.0 Å². The van der Waals surface area contributed by atoms with Gasteiger partial charge < -0.3 is 10.1 Å². The Morgan fingerprint density at radius 1 is 1.12 bits per heavy atom. The van der Waals surface area contributed by atoms with Crippen LogP contribution in [0.15, 0.2) is 48.5 Å². The van der Waals surface area contributed by atoms with Gasteiger partial charge in [0.1, 0.15) is 12.1 Å². The smallest absolute Gasteiger partial charge is 0.328 e. The number of carbonyl (C=O) groups is 2. The van der Waals surface area contributed by atoms with Gasteiger partial charge in [0.05, 0.1) is 5.52 Å². The van der Waals surface area contributed by atoms with E-state index in [0.29, 0.717) is 11.2 Å². The molecular formula is C17H16N4O3. The van der Waals surface area contributed by atoms with E-state index in [1.54, 1.807) is 18.2 Å². The number of para-hydroxylation sites is 1. The molecule has 1 amide bonds. The summed E-state index contributed by atoms with van der Waals surface area (Å²) in [6, 6.07) is 14.6. The van der Waals surface area contributed by atoms with Crippen LogP contribution in [0.1, 0.15) is 5.56 Å². The Bertz CT molecular complexity index is 871. The first-order chi connectivity index (χ1) is 11.6. The molecule has 1 heterocycles. The van der Waals surface area contributed by atoms with Crippen molar-refractivity contribution in [3.05, 3.63) is 54.1 Å². The summed E-state index contributed by atoms with van der Waals surface area (Å²) in [5.74, 6) is -0.944. The van der Waals surface area contributed by atoms with E-state index in [0.717, 1.165) is 11.1 Å². The van der Waals surface area contributed by atoms with Gasteiger partial charge in [0.25, 0.3) is 5.91 Å². The third kappa shape index (κ3) is 3.75. The number of aryl methyl sites for hydroxylation is 1. The average molecular weight is 324 g/mol. The largest absolute Gasteiger partial charge is 0.454 e. The Kier molecular flexibility index (Phi) is 4.51. The summed E-state index contributed by atoms with van der Waals surface area (Å²) >= 11 is 0. The fraction of sp³-hybridized carbons (Fsp3) is 0.176. The molecule has 7 heteroatoms. The number of esters is 1. The second kappa shape index (κ2) is 6.91. The predicted molar refractivity (Wildman–Crippen MR) is 88.3 cm³/mol. The zero-order valence-electron chi connectivity index (χ0n) is 13.1. The average Bonchev–Trinajstić information content (AvgIpc) is 2.98. The highest BCUT2D eigenvalue weighted by atomic mass is 16.5. The highest BCUT2D eigenvalue weighted by Crippen LogP contribution is 2.10. The van der Waals surface area contributed by atoms with Crippen LogP contribution >= 0.6 is 0 Å². The molecule has 0 bridgehead atoms. The standard InChI is InChI=1S/C17H16N4O3/c1-12-6-8-13(9-7-12)18-16(22)11-24-17(23)10-21-15-5-3-2-4-14(15)19-20-21/h2-9H,10-11H2,1H3,(H,18,22). The molecule has 0 saturated heterocycles. The molecule has 0 radical (unpaired) electrons. The van der Waals surface area contributed by atoms with E-state index in [-0.39, 0.29) is 13.2 Å². The van der Waals surface area contributed by atoms with E-state index < -0.39 is 11.9 Å². The summed E-state index contributed by atoms with van der Waals surface area (Å²) in [5, 5.41) is 10.5. The van der Waals surface area contributed by atoms with Crippen LogP contribution in [0.3, 0.4) is 0 Å². The molecule has 0 spiro atoms. The van der Waals surface area contributed by atoms with Gasteiger partial charge in [0.2, 0.25) is 0 Å². The lowest BCUT2D eigenvalue weighted by atomic mass is 10.2. The Morgan fingerprint density at radius 3 is 2.67 bits per heavy atom. The van der Waals surface area contributed by atoms with Crippen LogP contribution in [0.25, 0.3) is 11.0 Å². The molecule has 7 nitrogen and oxygen atoms in total. The molecule has 0 aliphatic rings. The molecule has 2 aromatic carbocycles. The van der Waals surface area contributed by atoms with Crippen molar-refractivity contribution in [2.75, 3.05) is 11.9 Å². The number of rotatable bonds is 5. The van der Waals surface area contributed by atoms with Gasteiger partial charge in [-0.05, 0) is 31.2 Å². The Balaban J connectivity index is 1.52. The van der Waals surface area contributed by atoms with Crippen molar-refractivity contribution < 1.29 is 14.3 Å². The molecule has 0 unspecified atom stereocenters. The van der Waals surface area contributed by atoms with Crippen molar-refractivity contribution in [3.63, 3.8) is 0 Å². The number of fused-ring (bicyclic) bond motifs is 1. The number of aromatic nitrogens is 3. The van der Waals surface area contributed by atoms with Gasteiger partial charge in [0, 0.05) is 5.69 Å². The quantitative estimate of drug-likeness (QED) is 0.725. The van der Waals surface area contributed by atoms with Crippen molar-refractivity contribution in [1.82, 2.24) is 15.0 Å². The fourth-order valence-corrected chi connectivity index (χ4v) is 2.18. The lowest BCUT2D eigenvalue weighted by Crippen LogP contribution is -2.23. The van der Waals surface area contributed by atoms with Crippen molar-refractivity contribution in [3.8, 4) is 0 Å². The third-order valence-electron chi connectivity index (χ3n) is 3.40. The van der Waals surface area contributed by atoms with Crippen molar-refractivity contribution in [1.29, 1.82) is 0 Å². The van der Waals surface area contributed by atoms with Crippen LogP contribution in [0.2, 0.25) is 0 Å². The van der Waals surface area contributed by atoms with Gasteiger partial charge in [-0.2, -0.15) is 0 Å². The molecule has 1 aromatic heterocycles. The Labute approximate surface area is 138 Å². The van der Waals surface area contributed by atoms with Gasteiger partial charge in [0.15, 0.2) is 6.61 Å². The summed E-state index contributed by atoms with van der Waals surface area (Å²) in [6.07, 6.45) is 0. The normalized spacial score (nSPS) is 10.5. The maximum absolute atomic E-state index is 11.9. The number of benzene rings is 2. The molecule has 0 aliphatic carbocycles. The van der Waals surface area contributed by atoms with E-state index in [4.69, 9.17) is 4.74 Å². The van der Waals surface area contributed by atoms with Gasteiger partial charge in [-0.25, -0.2) is 4.68 Å². The minimum Gasteiger partial charge on any atom is -0.454 e. The first-order valence-electron chi connectivity index (χ1n) is 7.42. The van der Waals surface area contributed by atoms with Crippen LogP contribution in [0.5, 0.6) is 0 Å². The maximum atomic E-state index is 11.9. The number of carbonyl (C=O) groups excluding carboxylic acids is 2. The van der Waals surface area contributed by atoms with E-state index in [9.17, 15) is 9.59 Å². The van der Waals surface area contributed by atoms with Crippen molar-refractivity contribution >= 4 is 28.6 Å². The Hall–Kier alpha value is -3.22. The highest BCUT2D eigenvalue weighted by Gasteiger charge is 2.11. The van der Waals surface area contributed by atoms with Crippen LogP contribution in [-0.2, 0) is 20.9 Å². The molecule has 24 heavy (non-hydrogen) atoms. The summed E-state index contributed by atoms with van der Waals surface area (Å²) in [6.45, 7) is 1.51. The van der Waals surface area contributed by atoms with Crippen molar-refractivity contribution in [2.24, 2.45) is 0 Å². The number of amides is 1. The summed E-state index contributed by atoms with van der Waals surface area (Å²) in [7, 11) is 0. The van der Waals surface area contributed by atoms with Gasteiger partial charge in [-0.15, -0.1) is 5.10 Å². The summed E-state index contributed by atoms with van der Waals surface area (Å²) in [5.41, 5.74) is 3.18. The molecule has 0 saturated carbocycles. The number of nitrogens with one attached hydrogen (secondary N) is 1. The zero-order chi connectivity index (χ0) is 16.9. The first kappa shape index (κ1) is 15.7. The third-order valence-corrected chi connectivity index (χ3v) is 3.40. The molecule has 1 N–H and O–H groups in total. The molecule has 122 valence electrons. The van der Waals surface area contributed by atoms with Crippen molar-refractivity contribution in [2.45, 2.75) is 13.5 Å². The zero-order valence-corrected chi connectivity index (χ0v) is 13.1. The molecular weight excluding hydrogens is 308 g/mol. The number of anilines is 1. The minimum atomic E-state index is -0.551. The van der Waals surface area contributed by atoms with Crippen LogP contribution in [-0.4, -0.2) is 33.5 Å². The SMILES string of the molecule is Cc1ccc(NC(=O)COC(=O)Cn2nnc3ccccc32)cc1. The summed E-state index contributed by atoms with van der Waals surface area (Å²) in [4.78, 5) is 23.7. The molecule has 0 atom stereocenters. The lowest BCUT2D eigenvalue weighted by molar-refractivity contribution is -0.148. The second-order valence-electron chi connectivity index (χ2n) is 5.31. The van der Waals surface area contributed by atoms with E-state index in [2.05, 4.69) is 15.6 Å². The number of nitrogens with zero attached hydrogens (tertiary/aromatic N) is 3. The van der Waals surface area contributed by atoms with Gasteiger partial charge >= 0.3 is 5.97 Å². The monoisotopic (exact) mass is 324 g/mol. The van der Waals surface area contributed by atoms with Crippen LogP contribution < -0.4 is 5.32 Å². The Morgan fingerprint density at radius 2 is 1.88 bits per heavy atom. The molecule has 3 aromatic rings. The molecule has 0 aliphatic heterocycles. The molecule has 0 fully saturated rings. The maximum Gasteiger partial charge on any atom is 0.328 e. The number of hydrogen-bond donors (Lipinski definition) is 1. The van der Waals surface area contributed by atoms with Gasteiger partial charge in [-0.3, -0.25) is 9.59 Å². The van der Waals surface area contributed by atoms with Crippen LogP contribution in [0, 0.1) is 6.92 Å². The first-order valence-corrected chi connectivity index (χ1v) is 7.42. The van der Waals surface area contributed by atoms with E-state index >= 15 is 0 Å². The fourth-order valence-electron chi connectivity index (χ4n) is 2.18. The predicted octanol–water partition coefficient (Wildman–Crippen LogP) is 1.92. The lowest BCUT2D eigenvalue weighted by Gasteiger charge is -2.07. The number of hydrogen-bond acceptors (Lipinski definition) is 5. The topological polar surface area (TPSA) is 86.1 Å². The summed E-state index contributed by atoms with van der Waals surface area (Å²) < 4.78 is 6.42. The van der Waals surface area contributed by atoms with Crippen LogP contribution in [0.4, 0.5) is 5.69 Å². The van der Waals surface area contributed by atoms with E-state index in [1.807, 2.05) is 37.3 Å². The minimum absolute atomic E-state index is 0.0989. The second-order valence-corrected chi connectivity index (χ2v) is 5.31. The molecule has 3 rings (SSSR count). The number of ether oxygens (including phenoxy) is 1.